The average Bonchev–Trinajstić information content (AvgIpc) is 2.74. The lowest BCUT2D eigenvalue weighted by Crippen LogP contribution is -2.49. The highest BCUT2D eigenvalue weighted by Crippen LogP contribution is 2.21. The SMILES string of the molecule is C=CCOC(=O)C(C)(C)CC.CCC(C)(C)C(=O)OC.CCC(C)C(=O)NC(C)(C)CS(=O)(=O)O. The van der Waals surface area contributed by atoms with Crippen LogP contribution in [0.25, 0.3) is 0 Å². The summed E-state index contributed by atoms with van der Waals surface area (Å²) < 4.78 is 39.5. The average molecular weight is 524 g/mol. The van der Waals surface area contributed by atoms with Crippen molar-refractivity contribution in [3.63, 3.8) is 0 Å². The summed E-state index contributed by atoms with van der Waals surface area (Å²) in [6.07, 6.45) is 3.88. The van der Waals surface area contributed by atoms with Crippen molar-refractivity contribution < 1.29 is 36.8 Å². The molecular formula is C25H49NO8S. The van der Waals surface area contributed by atoms with E-state index in [-0.39, 0.29) is 34.6 Å². The molecule has 0 bridgehead atoms. The van der Waals surface area contributed by atoms with Gasteiger partial charge in [-0.25, -0.2) is 0 Å². The first-order chi connectivity index (χ1) is 15.7. The van der Waals surface area contributed by atoms with Gasteiger partial charge in [0.2, 0.25) is 5.91 Å². The maximum atomic E-state index is 11.5. The molecule has 0 rings (SSSR count). The Morgan fingerprint density at radius 1 is 0.971 bits per heavy atom. The minimum absolute atomic E-state index is 0.134. The Hall–Kier alpha value is -1.94. The molecule has 10 heteroatoms. The van der Waals surface area contributed by atoms with E-state index in [2.05, 4.69) is 16.6 Å². The summed E-state index contributed by atoms with van der Waals surface area (Å²) in [7, 11) is -2.66. The molecule has 0 heterocycles. The summed E-state index contributed by atoms with van der Waals surface area (Å²) in [4.78, 5) is 33.5. The van der Waals surface area contributed by atoms with Crippen LogP contribution in [0, 0.1) is 16.7 Å². The largest absolute Gasteiger partial charge is 0.469 e. The molecule has 1 amide bonds. The number of hydrogen-bond acceptors (Lipinski definition) is 7. The molecule has 1 atom stereocenters. The molecule has 1 unspecified atom stereocenters. The van der Waals surface area contributed by atoms with Gasteiger partial charge in [0.1, 0.15) is 6.61 Å². The molecule has 0 aromatic carbocycles. The second kappa shape index (κ2) is 16.7. The normalized spacial score (nSPS) is 12.6. The maximum Gasteiger partial charge on any atom is 0.311 e. The zero-order chi connectivity index (χ0) is 28.7. The lowest BCUT2D eigenvalue weighted by molar-refractivity contribution is -0.153. The van der Waals surface area contributed by atoms with Crippen LogP contribution in [-0.2, 0) is 34.0 Å². The molecule has 0 fully saturated rings. The van der Waals surface area contributed by atoms with Crippen molar-refractivity contribution in [2.75, 3.05) is 19.5 Å². The highest BCUT2D eigenvalue weighted by molar-refractivity contribution is 7.85. The first kappa shape index (κ1) is 37.6. The van der Waals surface area contributed by atoms with Gasteiger partial charge >= 0.3 is 11.9 Å². The molecule has 0 aliphatic heterocycles. The number of hydrogen-bond donors (Lipinski definition) is 2. The first-order valence-corrected chi connectivity index (χ1v) is 13.4. The molecule has 0 aliphatic rings. The predicted octanol–water partition coefficient (Wildman–Crippen LogP) is 4.56. The number of rotatable bonds is 11. The van der Waals surface area contributed by atoms with Gasteiger partial charge in [0.15, 0.2) is 0 Å². The zero-order valence-corrected chi connectivity index (χ0v) is 24.4. The minimum Gasteiger partial charge on any atom is -0.469 e. The van der Waals surface area contributed by atoms with E-state index in [4.69, 9.17) is 9.29 Å². The number of nitrogens with one attached hydrogen (secondary N) is 1. The molecule has 0 saturated heterocycles. The van der Waals surface area contributed by atoms with Crippen molar-refractivity contribution >= 4 is 28.0 Å². The monoisotopic (exact) mass is 523 g/mol. The van der Waals surface area contributed by atoms with Gasteiger partial charge < -0.3 is 14.8 Å². The number of esters is 2. The Morgan fingerprint density at radius 3 is 1.69 bits per heavy atom. The molecule has 35 heavy (non-hydrogen) atoms. The Labute approximate surface area is 213 Å². The number of carbonyl (C=O) groups is 3. The number of methoxy groups -OCH3 is 1. The first-order valence-electron chi connectivity index (χ1n) is 11.8. The maximum absolute atomic E-state index is 11.5. The molecule has 0 radical (unpaired) electrons. The lowest BCUT2D eigenvalue weighted by Gasteiger charge is -2.26. The van der Waals surface area contributed by atoms with Gasteiger partial charge in [-0.1, -0.05) is 40.3 Å². The van der Waals surface area contributed by atoms with Crippen molar-refractivity contribution in [3.8, 4) is 0 Å². The van der Waals surface area contributed by atoms with Gasteiger partial charge in [-0.05, 0) is 60.8 Å². The highest BCUT2D eigenvalue weighted by Gasteiger charge is 2.28. The molecule has 208 valence electrons. The fourth-order valence-corrected chi connectivity index (χ4v) is 3.01. The van der Waals surface area contributed by atoms with Gasteiger partial charge in [0.05, 0.1) is 29.2 Å². The van der Waals surface area contributed by atoms with E-state index >= 15 is 0 Å². The summed E-state index contributed by atoms with van der Waals surface area (Å²) in [6.45, 7) is 22.0. The molecule has 0 saturated carbocycles. The highest BCUT2D eigenvalue weighted by atomic mass is 32.2. The van der Waals surface area contributed by atoms with Gasteiger partial charge in [-0.2, -0.15) is 8.42 Å². The molecular weight excluding hydrogens is 474 g/mol. The van der Waals surface area contributed by atoms with Crippen molar-refractivity contribution in [2.45, 2.75) is 94.0 Å². The van der Waals surface area contributed by atoms with E-state index in [0.29, 0.717) is 13.0 Å². The third-order valence-corrected chi connectivity index (χ3v) is 6.54. The second-order valence-corrected chi connectivity index (χ2v) is 11.7. The predicted molar refractivity (Wildman–Crippen MR) is 139 cm³/mol. The van der Waals surface area contributed by atoms with Crippen molar-refractivity contribution in [1.29, 1.82) is 0 Å². The van der Waals surface area contributed by atoms with Crippen LogP contribution in [0.4, 0.5) is 0 Å². The van der Waals surface area contributed by atoms with E-state index < -0.39 is 21.4 Å². The van der Waals surface area contributed by atoms with E-state index in [9.17, 15) is 22.8 Å². The van der Waals surface area contributed by atoms with Gasteiger partial charge in [0.25, 0.3) is 10.1 Å². The van der Waals surface area contributed by atoms with E-state index in [1.54, 1.807) is 26.8 Å². The lowest BCUT2D eigenvalue weighted by atomic mass is 9.91. The van der Waals surface area contributed by atoms with Crippen LogP contribution >= 0.6 is 0 Å². The molecule has 0 aliphatic carbocycles. The van der Waals surface area contributed by atoms with Crippen LogP contribution in [-0.4, -0.2) is 55.8 Å². The Kier molecular flexibility index (Phi) is 17.9. The summed E-state index contributed by atoms with van der Waals surface area (Å²) >= 11 is 0. The third-order valence-electron chi connectivity index (χ3n) is 5.46. The molecule has 0 aromatic heterocycles. The summed E-state index contributed by atoms with van der Waals surface area (Å²) in [5, 5.41) is 2.59. The van der Waals surface area contributed by atoms with Crippen molar-refractivity contribution in [1.82, 2.24) is 5.32 Å². The quantitative estimate of drug-likeness (QED) is 0.228. The van der Waals surface area contributed by atoms with Crippen LogP contribution < -0.4 is 5.32 Å². The fourth-order valence-electron chi connectivity index (χ4n) is 2.03. The van der Waals surface area contributed by atoms with E-state index in [0.717, 1.165) is 12.8 Å². The van der Waals surface area contributed by atoms with E-state index in [1.165, 1.54) is 7.11 Å². The Balaban J connectivity index is -0.000000456. The summed E-state index contributed by atoms with van der Waals surface area (Å²) in [5.74, 6) is -1.14. The van der Waals surface area contributed by atoms with Crippen molar-refractivity contribution in [3.05, 3.63) is 12.7 Å². The number of carbonyl (C=O) groups excluding carboxylic acids is 3. The molecule has 2 N–H and O–H groups in total. The van der Waals surface area contributed by atoms with Crippen molar-refractivity contribution in [2.24, 2.45) is 16.7 Å². The topological polar surface area (TPSA) is 136 Å². The number of ether oxygens (including phenoxy) is 2. The Morgan fingerprint density at radius 2 is 1.40 bits per heavy atom. The molecule has 0 spiro atoms. The number of amides is 1. The fraction of sp³-hybridized carbons (Fsp3) is 0.800. The molecule has 9 nitrogen and oxygen atoms in total. The van der Waals surface area contributed by atoms with Crippen LogP contribution in [0.5, 0.6) is 0 Å². The molecule has 0 aromatic rings. The Bertz CT molecular complexity index is 770. The van der Waals surface area contributed by atoms with Gasteiger partial charge in [0, 0.05) is 5.92 Å². The van der Waals surface area contributed by atoms with Gasteiger partial charge in [-0.15, -0.1) is 0 Å². The smallest absolute Gasteiger partial charge is 0.311 e. The van der Waals surface area contributed by atoms with Gasteiger partial charge in [-0.3, -0.25) is 18.9 Å². The second-order valence-electron chi connectivity index (χ2n) is 10.3. The summed E-state index contributed by atoms with van der Waals surface area (Å²) in [5.41, 5.74) is -1.62. The zero-order valence-electron chi connectivity index (χ0n) is 23.6. The van der Waals surface area contributed by atoms with Crippen LogP contribution in [0.3, 0.4) is 0 Å². The summed E-state index contributed by atoms with van der Waals surface area (Å²) in [6, 6.07) is 0. The third kappa shape index (κ3) is 19.0. The standard InChI is InChI=1S/C9H19NO4S.C9H16O2.C7H14O2/c1-5-7(2)8(11)10-9(3,4)6-15(12,13)14;1-5-7-11-8(10)9(3,4)6-2;1-5-7(2,3)6(8)9-4/h7H,5-6H2,1-4H3,(H,10,11)(H,12,13,14);5H,1,6-7H2,2-4H3;5H2,1-4H3. The van der Waals surface area contributed by atoms with Crippen LogP contribution in [0.2, 0.25) is 0 Å². The minimum atomic E-state index is -4.07. The van der Waals surface area contributed by atoms with Crippen LogP contribution in [0.1, 0.15) is 88.5 Å². The van der Waals surface area contributed by atoms with E-state index in [1.807, 2.05) is 48.5 Å². The van der Waals surface area contributed by atoms with Crippen LogP contribution in [0.15, 0.2) is 12.7 Å².